The molecular formula is C51H33N7. The average molecular weight is 744 g/mol. The third-order valence-corrected chi connectivity index (χ3v) is 12.1. The van der Waals surface area contributed by atoms with Crippen LogP contribution in [0.2, 0.25) is 0 Å². The van der Waals surface area contributed by atoms with Crippen LogP contribution in [0.5, 0.6) is 0 Å². The fraction of sp³-hybridized carbons (Fsp3) is 0.0196. The van der Waals surface area contributed by atoms with Gasteiger partial charge in [0, 0.05) is 54.5 Å². The van der Waals surface area contributed by atoms with Gasteiger partial charge in [0.1, 0.15) is 0 Å². The summed E-state index contributed by atoms with van der Waals surface area (Å²) in [6.07, 6.45) is 1.33. The van der Waals surface area contributed by atoms with Gasteiger partial charge in [-0.3, -0.25) is 9.13 Å². The molecule has 1 aliphatic heterocycles. The van der Waals surface area contributed by atoms with Gasteiger partial charge in [-0.25, -0.2) is 9.98 Å². The molecule has 7 heteroatoms. The molecule has 4 aromatic heterocycles. The Morgan fingerprint density at radius 1 is 0.345 bits per heavy atom. The molecule has 0 spiro atoms. The molecular weight excluding hydrogens is 711 g/mol. The molecule has 1 aliphatic rings. The van der Waals surface area contributed by atoms with E-state index in [0.29, 0.717) is 5.96 Å². The van der Waals surface area contributed by atoms with Crippen LogP contribution in [0.1, 0.15) is 6.29 Å². The van der Waals surface area contributed by atoms with Gasteiger partial charge in [-0.2, -0.15) is 0 Å². The predicted octanol–water partition coefficient (Wildman–Crippen LogP) is 12.1. The molecule has 12 aromatic rings. The first kappa shape index (κ1) is 31.3. The lowest BCUT2D eigenvalue weighted by atomic mass is 10.1. The summed E-state index contributed by atoms with van der Waals surface area (Å²) in [5.74, 6) is 0.619. The molecule has 1 unspecified atom stereocenters. The van der Waals surface area contributed by atoms with Gasteiger partial charge < -0.3 is 14.5 Å². The maximum absolute atomic E-state index is 5.61. The van der Waals surface area contributed by atoms with Crippen LogP contribution in [0, 0.1) is 0 Å². The highest BCUT2D eigenvalue weighted by Crippen LogP contribution is 2.43. The van der Waals surface area contributed by atoms with E-state index in [1.54, 1.807) is 0 Å². The monoisotopic (exact) mass is 743 g/mol. The second-order valence-electron chi connectivity index (χ2n) is 15.1. The summed E-state index contributed by atoms with van der Waals surface area (Å²) in [7, 11) is 0. The lowest BCUT2D eigenvalue weighted by Crippen LogP contribution is -2.30. The number of hydrogen-bond acceptors (Lipinski definition) is 3. The highest BCUT2D eigenvalue weighted by Gasteiger charge is 2.27. The number of nitrogens with zero attached hydrogens (tertiary/aromatic N) is 6. The topological polar surface area (TPSA) is 56.5 Å². The van der Waals surface area contributed by atoms with E-state index < -0.39 is 6.29 Å². The third kappa shape index (κ3) is 4.16. The van der Waals surface area contributed by atoms with Crippen molar-refractivity contribution in [3.63, 3.8) is 0 Å². The summed E-state index contributed by atoms with van der Waals surface area (Å²) >= 11 is 0. The SMILES string of the molecule is C1=NC(n2c3ccccc3c3ccc4c5ccccc5n(-c5ccccc5)c4c32)=NC(n2c3ccccc3c3ccc4c5ccccc5n(-c5ccccc5)c4c32)N1. The predicted molar refractivity (Wildman–Crippen MR) is 241 cm³/mol. The molecule has 0 saturated carbocycles. The zero-order chi connectivity index (χ0) is 37.9. The molecule has 13 rings (SSSR count). The van der Waals surface area contributed by atoms with Gasteiger partial charge >= 0.3 is 0 Å². The molecule has 272 valence electrons. The number of fused-ring (bicyclic) bond motifs is 14. The van der Waals surface area contributed by atoms with Crippen LogP contribution in [-0.2, 0) is 0 Å². The standard InChI is InChI=1S/C51H33N7/c1-3-15-32(16-4-1)55-42-23-11-7-19-34(42)38-27-29-40-36-21-9-13-25-44(36)57(48(40)46(38)55)50-52-31-53-51(54-50)58-45-26-14-10-22-37(45)41-30-28-39-35-20-8-12-24-43(35)56(47(39)49(41)58)33-17-5-2-6-18-33/h1-31,50H,(H,52,53,54). The maximum Gasteiger partial charge on any atom is 0.235 e. The summed E-state index contributed by atoms with van der Waals surface area (Å²) in [6.45, 7) is 0. The first-order valence-electron chi connectivity index (χ1n) is 19.7. The fourth-order valence-electron chi connectivity index (χ4n) is 9.78. The molecule has 8 aromatic carbocycles. The molecule has 0 amide bonds. The maximum atomic E-state index is 5.61. The molecule has 0 saturated heterocycles. The van der Waals surface area contributed by atoms with E-state index in [1.165, 1.54) is 37.8 Å². The van der Waals surface area contributed by atoms with Gasteiger partial charge in [0.2, 0.25) is 12.2 Å². The van der Waals surface area contributed by atoms with E-state index in [-0.39, 0.29) is 0 Å². The first-order valence-corrected chi connectivity index (χ1v) is 19.7. The molecule has 7 nitrogen and oxygen atoms in total. The van der Waals surface area contributed by atoms with Crippen molar-refractivity contribution in [1.82, 2.24) is 23.6 Å². The molecule has 0 bridgehead atoms. The Kier molecular flexibility index (Phi) is 6.37. The highest BCUT2D eigenvalue weighted by molar-refractivity contribution is 6.27. The zero-order valence-electron chi connectivity index (χ0n) is 31.2. The van der Waals surface area contributed by atoms with Crippen molar-refractivity contribution in [2.45, 2.75) is 6.29 Å². The largest absolute Gasteiger partial charge is 0.337 e. The number of aliphatic imine (C=N–C) groups is 2. The summed E-state index contributed by atoms with van der Waals surface area (Å²) in [4.78, 5) is 10.7. The Labute approximate surface area is 331 Å². The van der Waals surface area contributed by atoms with Crippen molar-refractivity contribution >= 4 is 99.5 Å². The summed E-state index contributed by atoms with van der Waals surface area (Å²) in [5.41, 5.74) is 11.2. The quantitative estimate of drug-likeness (QED) is 0.192. The number of para-hydroxylation sites is 6. The normalized spacial score (nSPS) is 14.6. The number of nitrogens with one attached hydrogen (secondary N) is 1. The van der Waals surface area contributed by atoms with E-state index in [2.05, 4.69) is 206 Å². The van der Waals surface area contributed by atoms with Gasteiger partial charge in [-0.15, -0.1) is 0 Å². The Morgan fingerprint density at radius 3 is 1.24 bits per heavy atom. The van der Waals surface area contributed by atoms with Crippen molar-refractivity contribution < 1.29 is 0 Å². The second kappa shape index (κ2) is 11.8. The smallest absolute Gasteiger partial charge is 0.235 e. The van der Waals surface area contributed by atoms with Gasteiger partial charge in [0.25, 0.3) is 0 Å². The highest BCUT2D eigenvalue weighted by atomic mass is 15.4. The van der Waals surface area contributed by atoms with E-state index in [9.17, 15) is 0 Å². The van der Waals surface area contributed by atoms with Crippen LogP contribution in [0.4, 0.5) is 0 Å². The lowest BCUT2D eigenvalue weighted by molar-refractivity contribution is 0.519. The van der Waals surface area contributed by atoms with Crippen LogP contribution in [-0.4, -0.2) is 30.6 Å². The van der Waals surface area contributed by atoms with Gasteiger partial charge in [0.15, 0.2) is 0 Å². The lowest BCUT2D eigenvalue weighted by Gasteiger charge is -2.23. The van der Waals surface area contributed by atoms with Crippen LogP contribution < -0.4 is 5.32 Å². The zero-order valence-corrected chi connectivity index (χ0v) is 31.2. The van der Waals surface area contributed by atoms with E-state index in [1.807, 2.05) is 6.34 Å². The Balaban J connectivity index is 1.15. The van der Waals surface area contributed by atoms with Gasteiger partial charge in [0.05, 0.1) is 50.5 Å². The average Bonchev–Trinajstić information content (AvgIpc) is 4.02. The summed E-state index contributed by atoms with van der Waals surface area (Å²) in [6, 6.07) is 65.2. The van der Waals surface area contributed by atoms with Gasteiger partial charge in [-0.05, 0) is 48.5 Å². The Bertz CT molecular complexity index is 3710. The molecule has 5 heterocycles. The van der Waals surface area contributed by atoms with Crippen LogP contribution in [0.15, 0.2) is 192 Å². The summed E-state index contributed by atoms with van der Waals surface area (Å²) in [5, 5.41) is 13.1. The molecule has 1 N–H and O–H groups in total. The second-order valence-corrected chi connectivity index (χ2v) is 15.1. The number of benzene rings is 8. The molecule has 0 radical (unpaired) electrons. The van der Waals surface area contributed by atoms with E-state index >= 15 is 0 Å². The molecule has 58 heavy (non-hydrogen) atoms. The number of hydrogen-bond donors (Lipinski definition) is 1. The number of rotatable bonds is 3. The van der Waals surface area contributed by atoms with Crippen molar-refractivity contribution in [1.29, 1.82) is 0 Å². The molecule has 1 atom stereocenters. The Hall–Kier alpha value is -7.90. The minimum Gasteiger partial charge on any atom is -0.337 e. The van der Waals surface area contributed by atoms with Crippen LogP contribution >= 0.6 is 0 Å². The number of aromatic nitrogens is 4. The van der Waals surface area contributed by atoms with E-state index in [0.717, 1.165) is 60.8 Å². The minimum atomic E-state index is -0.502. The minimum absolute atomic E-state index is 0.502. The Morgan fingerprint density at radius 2 is 0.724 bits per heavy atom. The molecule has 0 fully saturated rings. The van der Waals surface area contributed by atoms with Crippen molar-refractivity contribution in [2.24, 2.45) is 9.98 Å². The molecule has 0 aliphatic carbocycles. The summed E-state index contributed by atoms with van der Waals surface area (Å²) < 4.78 is 9.47. The first-order chi connectivity index (χ1) is 28.8. The van der Waals surface area contributed by atoms with Crippen molar-refractivity contribution in [3.8, 4) is 11.4 Å². The van der Waals surface area contributed by atoms with Crippen molar-refractivity contribution in [2.75, 3.05) is 0 Å². The van der Waals surface area contributed by atoms with Crippen LogP contribution in [0.25, 0.3) is 98.6 Å². The third-order valence-electron chi connectivity index (χ3n) is 12.1. The van der Waals surface area contributed by atoms with Gasteiger partial charge in [-0.1, -0.05) is 133 Å². The van der Waals surface area contributed by atoms with E-state index in [4.69, 9.17) is 9.98 Å². The van der Waals surface area contributed by atoms with Crippen LogP contribution in [0.3, 0.4) is 0 Å². The fourth-order valence-corrected chi connectivity index (χ4v) is 9.78. The van der Waals surface area contributed by atoms with Crippen molar-refractivity contribution in [3.05, 3.63) is 182 Å².